The van der Waals surface area contributed by atoms with E-state index in [-0.39, 0.29) is 23.6 Å². The van der Waals surface area contributed by atoms with Gasteiger partial charge in [0.05, 0.1) is 30.2 Å². The summed E-state index contributed by atoms with van der Waals surface area (Å²) in [4.78, 5) is 26.0. The number of likely N-dealkylation sites (tertiary alicyclic amines) is 1. The lowest BCUT2D eigenvalue weighted by Crippen LogP contribution is -2.28. The molecule has 4 aromatic rings. The molecule has 0 saturated carbocycles. The van der Waals surface area contributed by atoms with Crippen LogP contribution in [0.3, 0.4) is 0 Å². The molecule has 1 aliphatic heterocycles. The second-order valence-electron chi connectivity index (χ2n) is 8.95. The molecule has 0 bridgehead atoms. The number of amides is 1. The van der Waals surface area contributed by atoms with E-state index < -0.39 is 9.84 Å². The number of aliphatic hydroxyl groups is 1. The van der Waals surface area contributed by atoms with Crippen LogP contribution < -0.4 is 4.74 Å². The van der Waals surface area contributed by atoms with Crippen molar-refractivity contribution in [1.82, 2.24) is 19.9 Å². The minimum absolute atomic E-state index is 0.00284. The van der Waals surface area contributed by atoms with Crippen molar-refractivity contribution >= 4 is 26.6 Å². The number of fused-ring (bicyclic) bond motifs is 1. The van der Waals surface area contributed by atoms with E-state index in [4.69, 9.17) is 4.74 Å². The summed E-state index contributed by atoms with van der Waals surface area (Å²) in [5.74, 6) is 0.971. The van der Waals surface area contributed by atoms with Crippen LogP contribution in [0.1, 0.15) is 36.9 Å². The van der Waals surface area contributed by atoms with E-state index in [2.05, 4.69) is 15.0 Å². The van der Waals surface area contributed by atoms with Crippen molar-refractivity contribution in [3.8, 4) is 22.9 Å². The van der Waals surface area contributed by atoms with Crippen LogP contribution in [0, 0.1) is 0 Å². The molecular formula is C26H26N4O5S. The maximum atomic E-state index is 12.3. The highest BCUT2D eigenvalue weighted by Crippen LogP contribution is 2.41. The molecule has 9 nitrogen and oxygen atoms in total. The second kappa shape index (κ2) is 9.36. The summed E-state index contributed by atoms with van der Waals surface area (Å²) < 4.78 is 29.8. The number of ether oxygens (including phenoxy) is 1. The molecular weight excluding hydrogens is 480 g/mol. The summed E-state index contributed by atoms with van der Waals surface area (Å²) in [6.45, 7) is 2.18. The third-order valence-electron chi connectivity index (χ3n) is 6.37. The summed E-state index contributed by atoms with van der Waals surface area (Å²) in [7, 11) is -3.42. The molecule has 5 rings (SSSR count). The van der Waals surface area contributed by atoms with Crippen molar-refractivity contribution < 1.29 is 23.1 Å². The van der Waals surface area contributed by atoms with E-state index in [9.17, 15) is 18.3 Å². The molecule has 0 unspecified atom stereocenters. The Morgan fingerprint density at radius 2 is 2.00 bits per heavy atom. The lowest BCUT2D eigenvalue weighted by molar-refractivity contribution is -0.129. The zero-order valence-corrected chi connectivity index (χ0v) is 20.7. The second-order valence-corrected chi connectivity index (χ2v) is 10.9. The predicted molar refractivity (Wildman–Crippen MR) is 134 cm³/mol. The number of aromatic nitrogens is 3. The van der Waals surface area contributed by atoms with Gasteiger partial charge in [-0.3, -0.25) is 9.78 Å². The molecule has 2 N–H and O–H groups in total. The Morgan fingerprint density at radius 1 is 1.17 bits per heavy atom. The van der Waals surface area contributed by atoms with Gasteiger partial charge in [0.2, 0.25) is 5.91 Å². The number of hydrogen-bond donors (Lipinski definition) is 2. The highest BCUT2D eigenvalue weighted by molar-refractivity contribution is 7.90. The lowest BCUT2D eigenvalue weighted by Gasteiger charge is -2.25. The highest BCUT2D eigenvalue weighted by Gasteiger charge is 2.31. The number of hydrogen-bond acceptors (Lipinski definition) is 7. The number of nitrogens with zero attached hydrogens (tertiary/aromatic N) is 3. The van der Waals surface area contributed by atoms with Crippen molar-refractivity contribution in [1.29, 1.82) is 0 Å². The Balaban J connectivity index is 1.58. The van der Waals surface area contributed by atoms with Crippen molar-refractivity contribution in [2.75, 3.05) is 12.8 Å². The predicted octanol–water partition coefficient (Wildman–Crippen LogP) is 4.00. The van der Waals surface area contributed by atoms with Crippen LogP contribution >= 0.6 is 0 Å². The summed E-state index contributed by atoms with van der Waals surface area (Å²) in [5.41, 5.74) is 4.01. The van der Waals surface area contributed by atoms with Gasteiger partial charge in [0.1, 0.15) is 11.5 Å². The maximum Gasteiger partial charge on any atom is 0.219 e. The van der Waals surface area contributed by atoms with E-state index in [0.29, 0.717) is 18.0 Å². The van der Waals surface area contributed by atoms with Crippen molar-refractivity contribution in [3.05, 3.63) is 66.0 Å². The van der Waals surface area contributed by atoms with E-state index >= 15 is 0 Å². The van der Waals surface area contributed by atoms with Crippen LogP contribution in [0.5, 0.6) is 11.5 Å². The van der Waals surface area contributed by atoms with Crippen LogP contribution in [-0.4, -0.2) is 52.1 Å². The molecule has 1 aromatic carbocycles. The topological polar surface area (TPSA) is 125 Å². The number of aliphatic hydroxyl groups excluding tert-OH is 1. The first-order chi connectivity index (χ1) is 17.2. The average molecular weight is 507 g/mol. The number of sulfone groups is 1. The van der Waals surface area contributed by atoms with Crippen LogP contribution in [0.25, 0.3) is 22.3 Å². The molecule has 0 spiro atoms. The first kappa shape index (κ1) is 24.0. The monoisotopic (exact) mass is 506 g/mol. The third-order valence-corrected chi connectivity index (χ3v) is 7.37. The zero-order chi connectivity index (χ0) is 25.4. The molecule has 3 aromatic heterocycles. The summed E-state index contributed by atoms with van der Waals surface area (Å²) in [6, 6.07) is 12.4. The molecule has 1 atom stereocenters. The van der Waals surface area contributed by atoms with Crippen molar-refractivity contribution in [2.24, 2.45) is 0 Å². The van der Waals surface area contributed by atoms with Gasteiger partial charge in [-0.05, 0) is 54.8 Å². The van der Waals surface area contributed by atoms with Gasteiger partial charge in [0, 0.05) is 42.4 Å². The van der Waals surface area contributed by atoms with Gasteiger partial charge in [-0.1, -0.05) is 6.07 Å². The molecule has 1 aliphatic rings. The number of pyridine rings is 2. The van der Waals surface area contributed by atoms with Crippen LogP contribution in [0.15, 0.2) is 59.9 Å². The minimum Gasteiger partial charge on any atom is -0.455 e. The summed E-state index contributed by atoms with van der Waals surface area (Å²) >= 11 is 0. The SMILES string of the molecule is CC(=O)N1CCC[C@@H]1c1cc2[nH]c(-c3ccc(CO)cn3)cc2cc1Oc1ccc(S(C)(=O)=O)nc1. The Hall–Kier alpha value is -3.76. The number of rotatable bonds is 6. The van der Waals surface area contributed by atoms with Crippen LogP contribution in [-0.2, 0) is 21.2 Å². The first-order valence-corrected chi connectivity index (χ1v) is 13.5. The number of carbonyl (C=O) groups is 1. The quantitative estimate of drug-likeness (QED) is 0.405. The Labute approximate surface area is 208 Å². The van der Waals surface area contributed by atoms with Gasteiger partial charge in [-0.15, -0.1) is 0 Å². The highest BCUT2D eigenvalue weighted by atomic mass is 32.2. The van der Waals surface area contributed by atoms with Crippen molar-refractivity contribution in [2.45, 2.75) is 37.4 Å². The van der Waals surface area contributed by atoms with Gasteiger partial charge in [0.15, 0.2) is 14.9 Å². The summed E-state index contributed by atoms with van der Waals surface area (Å²) in [5, 5.41) is 10.2. The summed E-state index contributed by atoms with van der Waals surface area (Å²) in [6.07, 6.45) is 5.83. The van der Waals surface area contributed by atoms with E-state index in [0.717, 1.165) is 52.5 Å². The molecule has 0 aliphatic carbocycles. The van der Waals surface area contributed by atoms with Gasteiger partial charge in [-0.25, -0.2) is 13.4 Å². The molecule has 36 heavy (non-hydrogen) atoms. The van der Waals surface area contributed by atoms with Crippen LogP contribution in [0.2, 0.25) is 0 Å². The fourth-order valence-electron chi connectivity index (χ4n) is 4.58. The Morgan fingerprint density at radius 3 is 2.64 bits per heavy atom. The van der Waals surface area contributed by atoms with Gasteiger partial charge < -0.3 is 19.7 Å². The van der Waals surface area contributed by atoms with E-state index in [1.54, 1.807) is 19.2 Å². The first-order valence-electron chi connectivity index (χ1n) is 11.6. The molecule has 4 heterocycles. The molecule has 10 heteroatoms. The largest absolute Gasteiger partial charge is 0.455 e. The fraction of sp³-hybridized carbons (Fsp3) is 0.269. The Bertz CT molecular complexity index is 1530. The number of nitrogens with one attached hydrogen (secondary N) is 1. The normalized spacial score (nSPS) is 16.0. The third kappa shape index (κ3) is 4.69. The molecule has 186 valence electrons. The van der Waals surface area contributed by atoms with Gasteiger partial charge >= 0.3 is 0 Å². The number of aromatic amines is 1. The molecule has 1 fully saturated rings. The van der Waals surface area contributed by atoms with E-state index in [1.165, 1.54) is 12.3 Å². The number of carbonyl (C=O) groups excluding carboxylic acids is 1. The molecule has 0 radical (unpaired) electrons. The van der Waals surface area contributed by atoms with E-state index in [1.807, 2.05) is 35.2 Å². The fourth-order valence-corrected chi connectivity index (χ4v) is 5.14. The number of H-pyrrole nitrogens is 1. The molecule has 1 amide bonds. The van der Waals surface area contributed by atoms with Crippen LogP contribution in [0.4, 0.5) is 0 Å². The standard InChI is InChI=1S/C26H26N4O5S/c1-16(32)30-9-3-4-24(30)20-12-22-18(10-23(29-22)21-7-5-17(15-31)13-27-21)11-25(20)35-19-6-8-26(28-14-19)36(2,33)34/h5-8,10-14,24,29,31H,3-4,9,15H2,1-2H3/t24-/m1/s1. The number of benzene rings is 1. The van der Waals surface area contributed by atoms with Gasteiger partial charge in [0.25, 0.3) is 0 Å². The average Bonchev–Trinajstić information content (AvgIpc) is 3.50. The maximum absolute atomic E-state index is 12.3. The van der Waals surface area contributed by atoms with Gasteiger partial charge in [-0.2, -0.15) is 0 Å². The molecule has 1 saturated heterocycles. The van der Waals surface area contributed by atoms with Crippen molar-refractivity contribution in [3.63, 3.8) is 0 Å². The zero-order valence-electron chi connectivity index (χ0n) is 19.9. The Kier molecular flexibility index (Phi) is 6.23. The smallest absolute Gasteiger partial charge is 0.219 e. The minimum atomic E-state index is -3.42. The lowest BCUT2D eigenvalue weighted by atomic mass is 10.0.